The van der Waals surface area contributed by atoms with Gasteiger partial charge in [-0.2, -0.15) is 0 Å². The van der Waals surface area contributed by atoms with Crippen LogP contribution in [0.3, 0.4) is 0 Å². The van der Waals surface area contributed by atoms with Crippen LogP contribution in [0.2, 0.25) is 0 Å². The fourth-order valence-corrected chi connectivity index (χ4v) is 4.80. The minimum atomic E-state index is -1.16. The van der Waals surface area contributed by atoms with Gasteiger partial charge in [0, 0.05) is 9.58 Å². The van der Waals surface area contributed by atoms with E-state index in [1.807, 2.05) is 18.2 Å². The first kappa shape index (κ1) is 16.0. The average molecular weight is 352 g/mol. The molecule has 4 rings (SSSR count). The summed E-state index contributed by atoms with van der Waals surface area (Å²) in [5.41, 5.74) is 0.847. The molecule has 3 aromatic rings. The first-order chi connectivity index (χ1) is 12.0. The first-order valence-electron chi connectivity index (χ1n) is 8.21. The standard InChI is InChI=1S/C21H17FO2S/c1-13-16(6-4-7-17(13)22)21(20(23)24)10-9-15(12-21)19-11-14-5-2-3-8-18(14)25-19/h2-8,11-12H,9-10H2,1H3,(H,23,24). The van der Waals surface area contributed by atoms with Gasteiger partial charge in [-0.25, -0.2) is 4.39 Å². The molecule has 0 bridgehead atoms. The van der Waals surface area contributed by atoms with Crippen molar-refractivity contribution in [2.24, 2.45) is 0 Å². The zero-order valence-electron chi connectivity index (χ0n) is 13.8. The van der Waals surface area contributed by atoms with Gasteiger partial charge in [-0.15, -0.1) is 11.3 Å². The Morgan fingerprint density at radius 3 is 2.76 bits per heavy atom. The third-order valence-electron chi connectivity index (χ3n) is 5.08. The molecule has 1 atom stereocenters. The summed E-state index contributed by atoms with van der Waals surface area (Å²) >= 11 is 1.67. The fraction of sp³-hybridized carbons (Fsp3) is 0.190. The minimum Gasteiger partial charge on any atom is -0.480 e. The number of carboxylic acids is 1. The van der Waals surface area contributed by atoms with Crippen molar-refractivity contribution >= 4 is 33.0 Å². The Balaban J connectivity index is 1.85. The maximum Gasteiger partial charge on any atom is 0.318 e. The van der Waals surface area contributed by atoms with Crippen molar-refractivity contribution in [2.45, 2.75) is 25.2 Å². The van der Waals surface area contributed by atoms with Gasteiger partial charge >= 0.3 is 5.97 Å². The van der Waals surface area contributed by atoms with E-state index < -0.39 is 11.4 Å². The lowest BCUT2D eigenvalue weighted by Crippen LogP contribution is -2.32. The van der Waals surface area contributed by atoms with Crippen LogP contribution in [0.4, 0.5) is 4.39 Å². The van der Waals surface area contributed by atoms with Gasteiger partial charge in [0.1, 0.15) is 11.2 Å². The van der Waals surface area contributed by atoms with Gasteiger partial charge in [-0.1, -0.05) is 36.4 Å². The van der Waals surface area contributed by atoms with Crippen LogP contribution in [0.25, 0.3) is 15.7 Å². The largest absolute Gasteiger partial charge is 0.480 e. The van der Waals surface area contributed by atoms with Crippen LogP contribution in [-0.4, -0.2) is 11.1 Å². The number of hydrogen-bond acceptors (Lipinski definition) is 2. The SMILES string of the molecule is Cc1c(F)cccc1C1(C(=O)O)C=C(c2cc3ccccc3s2)CC1. The Labute approximate surface area is 149 Å². The van der Waals surface area contributed by atoms with E-state index in [9.17, 15) is 14.3 Å². The second-order valence-corrected chi connectivity index (χ2v) is 7.59. The molecule has 1 unspecified atom stereocenters. The van der Waals surface area contributed by atoms with E-state index in [0.717, 1.165) is 15.8 Å². The number of carboxylic acid groups (broad SMARTS) is 1. The summed E-state index contributed by atoms with van der Waals surface area (Å²) in [5.74, 6) is -1.28. The number of hydrogen-bond donors (Lipinski definition) is 1. The molecule has 1 aliphatic carbocycles. The van der Waals surface area contributed by atoms with Gasteiger partial charge in [0.05, 0.1) is 0 Å². The molecule has 0 saturated heterocycles. The molecule has 0 fully saturated rings. The molecule has 0 saturated carbocycles. The minimum absolute atomic E-state index is 0.359. The number of aliphatic carboxylic acids is 1. The molecule has 1 aromatic heterocycles. The van der Waals surface area contributed by atoms with Crippen molar-refractivity contribution in [1.82, 2.24) is 0 Å². The lowest BCUT2D eigenvalue weighted by molar-refractivity contribution is -0.141. The highest BCUT2D eigenvalue weighted by Gasteiger charge is 2.43. The van der Waals surface area contributed by atoms with Crippen LogP contribution in [0.1, 0.15) is 28.8 Å². The van der Waals surface area contributed by atoms with Crippen molar-refractivity contribution in [3.8, 4) is 0 Å². The lowest BCUT2D eigenvalue weighted by atomic mass is 9.78. The van der Waals surface area contributed by atoms with Crippen molar-refractivity contribution in [3.63, 3.8) is 0 Å². The topological polar surface area (TPSA) is 37.3 Å². The number of benzene rings is 2. The predicted octanol–water partition coefficient (Wildman–Crippen LogP) is 5.55. The van der Waals surface area contributed by atoms with E-state index in [4.69, 9.17) is 0 Å². The number of carbonyl (C=O) groups is 1. The van der Waals surface area contributed by atoms with Gasteiger partial charge in [0.15, 0.2) is 0 Å². The highest BCUT2D eigenvalue weighted by Crippen LogP contribution is 2.46. The fourth-order valence-electron chi connectivity index (χ4n) is 3.70. The lowest BCUT2D eigenvalue weighted by Gasteiger charge is -2.24. The molecule has 0 spiro atoms. The molecule has 2 aromatic carbocycles. The highest BCUT2D eigenvalue weighted by atomic mass is 32.1. The highest BCUT2D eigenvalue weighted by molar-refractivity contribution is 7.20. The summed E-state index contributed by atoms with van der Waals surface area (Å²) < 4.78 is 15.2. The van der Waals surface area contributed by atoms with Crippen LogP contribution in [0.15, 0.2) is 54.6 Å². The zero-order valence-corrected chi connectivity index (χ0v) is 14.6. The van der Waals surface area contributed by atoms with Gasteiger partial charge in [-0.3, -0.25) is 4.79 Å². The summed E-state index contributed by atoms with van der Waals surface area (Å²) in [4.78, 5) is 13.3. The summed E-state index contributed by atoms with van der Waals surface area (Å²) in [5, 5.41) is 11.1. The quantitative estimate of drug-likeness (QED) is 0.671. The number of allylic oxidation sites excluding steroid dienone is 1. The number of rotatable bonds is 3. The Morgan fingerprint density at radius 1 is 1.20 bits per heavy atom. The Hall–Kier alpha value is -2.46. The third-order valence-corrected chi connectivity index (χ3v) is 6.27. The molecule has 0 amide bonds. The van der Waals surface area contributed by atoms with Crippen LogP contribution in [0, 0.1) is 12.7 Å². The average Bonchev–Trinajstić information content (AvgIpc) is 3.22. The molecule has 1 aliphatic rings. The molecule has 4 heteroatoms. The summed E-state index contributed by atoms with van der Waals surface area (Å²) in [6, 6.07) is 14.9. The van der Waals surface area contributed by atoms with E-state index in [-0.39, 0.29) is 5.82 Å². The van der Waals surface area contributed by atoms with E-state index in [0.29, 0.717) is 24.0 Å². The Morgan fingerprint density at radius 2 is 2.00 bits per heavy atom. The summed E-state index contributed by atoms with van der Waals surface area (Å²) in [7, 11) is 0. The maximum atomic E-state index is 14.0. The maximum absolute atomic E-state index is 14.0. The Bertz CT molecular complexity index is 985. The second kappa shape index (κ2) is 5.81. The van der Waals surface area contributed by atoms with E-state index in [1.165, 1.54) is 10.8 Å². The molecule has 1 heterocycles. The van der Waals surface area contributed by atoms with Crippen molar-refractivity contribution in [1.29, 1.82) is 0 Å². The molecule has 0 radical (unpaired) electrons. The zero-order chi connectivity index (χ0) is 17.6. The predicted molar refractivity (Wildman–Crippen MR) is 99.5 cm³/mol. The smallest absolute Gasteiger partial charge is 0.318 e. The molecule has 1 N–H and O–H groups in total. The molecular formula is C21H17FO2S. The van der Waals surface area contributed by atoms with Gasteiger partial charge < -0.3 is 5.11 Å². The second-order valence-electron chi connectivity index (χ2n) is 6.51. The van der Waals surface area contributed by atoms with Crippen LogP contribution < -0.4 is 0 Å². The summed E-state index contributed by atoms with van der Waals surface area (Å²) in [6.07, 6.45) is 2.97. The van der Waals surface area contributed by atoms with Gasteiger partial charge in [-0.05, 0) is 60.1 Å². The molecule has 0 aliphatic heterocycles. The third kappa shape index (κ3) is 2.48. The number of fused-ring (bicyclic) bond motifs is 1. The number of halogens is 1. The van der Waals surface area contributed by atoms with E-state index in [2.05, 4.69) is 18.2 Å². The van der Waals surface area contributed by atoms with Crippen LogP contribution in [-0.2, 0) is 10.2 Å². The van der Waals surface area contributed by atoms with E-state index >= 15 is 0 Å². The normalized spacial score (nSPS) is 20.0. The van der Waals surface area contributed by atoms with Crippen LogP contribution in [0.5, 0.6) is 0 Å². The molecule has 126 valence electrons. The van der Waals surface area contributed by atoms with E-state index in [1.54, 1.807) is 30.4 Å². The monoisotopic (exact) mass is 352 g/mol. The van der Waals surface area contributed by atoms with Crippen LogP contribution >= 0.6 is 11.3 Å². The van der Waals surface area contributed by atoms with Gasteiger partial charge in [0.25, 0.3) is 0 Å². The molecule has 2 nitrogen and oxygen atoms in total. The molecular weight excluding hydrogens is 335 g/mol. The number of thiophene rings is 1. The van der Waals surface area contributed by atoms with Gasteiger partial charge in [0.2, 0.25) is 0 Å². The first-order valence-corrected chi connectivity index (χ1v) is 9.02. The Kier molecular flexibility index (Phi) is 3.73. The van der Waals surface area contributed by atoms with Crippen molar-refractivity contribution < 1.29 is 14.3 Å². The summed E-state index contributed by atoms with van der Waals surface area (Å²) in [6.45, 7) is 1.65. The van der Waals surface area contributed by atoms with Crippen molar-refractivity contribution in [3.05, 3.63) is 76.4 Å². The molecule has 25 heavy (non-hydrogen) atoms. The van der Waals surface area contributed by atoms with Crippen molar-refractivity contribution in [2.75, 3.05) is 0 Å².